The first-order valence-corrected chi connectivity index (χ1v) is 11.9. The molecule has 3 rings (SSSR count). The number of rotatable bonds is 8. The van der Waals surface area contributed by atoms with Crippen molar-refractivity contribution in [3.63, 3.8) is 0 Å². The van der Waals surface area contributed by atoms with Crippen molar-refractivity contribution in [2.24, 2.45) is 0 Å². The topological polar surface area (TPSA) is 99.4 Å². The fraction of sp³-hybridized carbons (Fsp3) is 0.632. The normalized spacial score (nSPS) is 16.7. The highest BCUT2D eigenvalue weighted by atomic mass is 32.2. The molecule has 13 heteroatoms. The number of halogens is 3. The van der Waals surface area contributed by atoms with Gasteiger partial charge in [0.2, 0.25) is 10.0 Å². The van der Waals surface area contributed by atoms with E-state index in [2.05, 4.69) is 15.1 Å². The van der Waals surface area contributed by atoms with Crippen LogP contribution in [0.5, 0.6) is 0 Å². The lowest BCUT2D eigenvalue weighted by Crippen LogP contribution is -2.40. The Morgan fingerprint density at radius 3 is 2.50 bits per heavy atom. The number of aromatic nitrogens is 4. The summed E-state index contributed by atoms with van der Waals surface area (Å²) in [5, 5.41) is 4.30. The van der Waals surface area contributed by atoms with Crippen molar-refractivity contribution in [2.45, 2.75) is 58.3 Å². The van der Waals surface area contributed by atoms with E-state index in [1.807, 2.05) is 13.8 Å². The summed E-state index contributed by atoms with van der Waals surface area (Å²) in [7, 11) is -3.25. The highest BCUT2D eigenvalue weighted by Gasteiger charge is 2.33. The number of sulfonamides is 1. The van der Waals surface area contributed by atoms with Crippen LogP contribution in [0.15, 0.2) is 18.3 Å². The molecule has 0 aromatic carbocycles. The second-order valence-corrected chi connectivity index (χ2v) is 9.77. The van der Waals surface area contributed by atoms with Crippen LogP contribution in [-0.4, -0.2) is 64.0 Å². The Hall–Kier alpha value is -2.09. The van der Waals surface area contributed by atoms with Gasteiger partial charge in [-0.15, -0.1) is 5.10 Å². The van der Waals surface area contributed by atoms with Gasteiger partial charge in [0, 0.05) is 19.3 Å². The lowest BCUT2D eigenvalue weighted by molar-refractivity contribution is -0.141. The summed E-state index contributed by atoms with van der Waals surface area (Å²) < 4.78 is 76.7. The van der Waals surface area contributed by atoms with Gasteiger partial charge in [-0.25, -0.2) is 22.4 Å². The Kier molecular flexibility index (Phi) is 7.53. The molecule has 0 N–H and O–H groups in total. The van der Waals surface area contributed by atoms with E-state index >= 15 is 0 Å². The molecule has 1 saturated heterocycles. The molecular weight excluding hydrogens is 451 g/mol. The van der Waals surface area contributed by atoms with Crippen LogP contribution in [0.4, 0.5) is 13.2 Å². The van der Waals surface area contributed by atoms with Crippen LogP contribution in [0, 0.1) is 0 Å². The molecule has 0 atom stereocenters. The standard InChI is InChI=1S/C19H26F3N5O4S/c1-13(2)30-11-17-24-18(12-31-15-5-8-26(9-6-15)32(3,28)29)27(25-17)14-4-7-23-16(10-14)19(20,21)22/h4,7,10,13,15H,5-6,8-9,11-12H2,1-3H3. The van der Waals surface area contributed by atoms with Gasteiger partial charge in [-0.3, -0.25) is 4.98 Å². The largest absolute Gasteiger partial charge is 0.433 e. The van der Waals surface area contributed by atoms with Gasteiger partial charge in [-0.1, -0.05) is 0 Å². The van der Waals surface area contributed by atoms with Crippen molar-refractivity contribution in [1.82, 2.24) is 24.1 Å². The Morgan fingerprint density at radius 2 is 1.91 bits per heavy atom. The van der Waals surface area contributed by atoms with Gasteiger partial charge in [0.05, 0.1) is 24.2 Å². The fourth-order valence-corrected chi connectivity index (χ4v) is 4.10. The smallest absolute Gasteiger partial charge is 0.371 e. The maximum absolute atomic E-state index is 13.1. The van der Waals surface area contributed by atoms with Gasteiger partial charge >= 0.3 is 6.18 Å². The summed E-state index contributed by atoms with van der Waals surface area (Å²) in [4.78, 5) is 7.77. The third kappa shape index (κ3) is 6.47. The van der Waals surface area contributed by atoms with Gasteiger partial charge in [0.25, 0.3) is 0 Å². The summed E-state index contributed by atoms with van der Waals surface area (Å²) >= 11 is 0. The quantitative estimate of drug-likeness (QED) is 0.576. The van der Waals surface area contributed by atoms with Crippen LogP contribution >= 0.6 is 0 Å². The molecule has 0 spiro atoms. The minimum absolute atomic E-state index is 0.00188. The van der Waals surface area contributed by atoms with E-state index in [4.69, 9.17) is 9.47 Å². The Bertz CT molecular complexity index is 1020. The first kappa shape index (κ1) is 24.6. The van der Waals surface area contributed by atoms with Crippen LogP contribution in [0.1, 0.15) is 44.0 Å². The van der Waals surface area contributed by atoms with Crippen molar-refractivity contribution in [1.29, 1.82) is 0 Å². The number of nitrogens with zero attached hydrogens (tertiary/aromatic N) is 5. The van der Waals surface area contributed by atoms with Crippen LogP contribution in [0.3, 0.4) is 0 Å². The molecular formula is C19H26F3N5O4S. The summed E-state index contributed by atoms with van der Waals surface area (Å²) in [5.41, 5.74) is -0.883. The first-order valence-electron chi connectivity index (χ1n) is 10.1. The predicted octanol–water partition coefficient (Wildman–Crippen LogP) is 2.55. The molecule has 2 aromatic rings. The van der Waals surface area contributed by atoms with Crippen LogP contribution in [0.25, 0.3) is 5.69 Å². The Morgan fingerprint density at radius 1 is 1.22 bits per heavy atom. The van der Waals surface area contributed by atoms with E-state index < -0.39 is 21.9 Å². The van der Waals surface area contributed by atoms with E-state index in [1.165, 1.54) is 21.3 Å². The van der Waals surface area contributed by atoms with Gasteiger partial charge < -0.3 is 9.47 Å². The lowest BCUT2D eigenvalue weighted by atomic mass is 10.1. The second kappa shape index (κ2) is 9.81. The molecule has 0 radical (unpaired) electrons. The molecule has 9 nitrogen and oxygen atoms in total. The maximum Gasteiger partial charge on any atom is 0.433 e. The van der Waals surface area contributed by atoms with E-state index in [-0.39, 0.29) is 31.1 Å². The van der Waals surface area contributed by atoms with Crippen molar-refractivity contribution in [3.05, 3.63) is 35.7 Å². The number of piperidine rings is 1. The van der Waals surface area contributed by atoms with E-state index in [0.717, 1.165) is 12.3 Å². The summed E-state index contributed by atoms with van der Waals surface area (Å²) in [6.45, 7) is 4.50. The number of hydrogen-bond donors (Lipinski definition) is 0. The maximum atomic E-state index is 13.1. The molecule has 2 aromatic heterocycles. The molecule has 0 aliphatic carbocycles. The van der Waals surface area contributed by atoms with Gasteiger partial charge in [-0.2, -0.15) is 13.2 Å². The molecule has 0 amide bonds. The molecule has 1 fully saturated rings. The van der Waals surface area contributed by atoms with Gasteiger partial charge in [-0.05, 0) is 38.8 Å². The molecule has 32 heavy (non-hydrogen) atoms. The Labute approximate surface area is 184 Å². The molecule has 0 saturated carbocycles. The van der Waals surface area contributed by atoms with Crippen LogP contribution < -0.4 is 0 Å². The molecule has 1 aliphatic rings. The third-order valence-electron chi connectivity index (χ3n) is 4.86. The third-order valence-corrected chi connectivity index (χ3v) is 6.16. The second-order valence-electron chi connectivity index (χ2n) is 7.79. The zero-order valence-electron chi connectivity index (χ0n) is 18.0. The van der Waals surface area contributed by atoms with Crippen molar-refractivity contribution < 1.29 is 31.1 Å². The van der Waals surface area contributed by atoms with Crippen LogP contribution in [0.2, 0.25) is 0 Å². The average molecular weight is 478 g/mol. The zero-order valence-corrected chi connectivity index (χ0v) is 18.9. The van der Waals surface area contributed by atoms with Crippen molar-refractivity contribution in [3.8, 4) is 5.69 Å². The van der Waals surface area contributed by atoms with Crippen molar-refractivity contribution >= 4 is 10.0 Å². The Balaban J connectivity index is 1.77. The van der Waals surface area contributed by atoms with Crippen LogP contribution in [-0.2, 0) is 38.9 Å². The van der Waals surface area contributed by atoms with E-state index in [1.54, 1.807) is 0 Å². The zero-order chi connectivity index (χ0) is 23.5. The molecule has 1 aliphatic heterocycles. The number of hydrogen-bond acceptors (Lipinski definition) is 7. The monoisotopic (exact) mass is 477 g/mol. The molecule has 0 unspecified atom stereocenters. The highest BCUT2D eigenvalue weighted by Crippen LogP contribution is 2.28. The number of pyridine rings is 1. The van der Waals surface area contributed by atoms with Gasteiger partial charge in [0.15, 0.2) is 11.6 Å². The average Bonchev–Trinajstić information content (AvgIpc) is 3.13. The van der Waals surface area contributed by atoms with E-state index in [0.29, 0.717) is 37.6 Å². The SMILES string of the molecule is CC(C)OCc1nc(COC2CCN(S(C)(=O)=O)CC2)n(-c2ccnc(C(F)(F)F)c2)n1. The summed E-state index contributed by atoms with van der Waals surface area (Å²) in [5.74, 6) is 0.631. The summed E-state index contributed by atoms with van der Waals surface area (Å²) in [6, 6.07) is 2.31. The minimum Gasteiger partial charge on any atom is -0.371 e. The number of alkyl halides is 3. The summed E-state index contributed by atoms with van der Waals surface area (Å²) in [6.07, 6.45) is -1.60. The minimum atomic E-state index is -4.59. The molecule has 3 heterocycles. The molecule has 178 valence electrons. The predicted molar refractivity (Wildman–Crippen MR) is 108 cm³/mol. The molecule has 0 bridgehead atoms. The lowest BCUT2D eigenvalue weighted by Gasteiger charge is -2.30. The first-order chi connectivity index (χ1) is 14.9. The van der Waals surface area contributed by atoms with Gasteiger partial charge in [0.1, 0.15) is 18.9 Å². The van der Waals surface area contributed by atoms with E-state index in [9.17, 15) is 21.6 Å². The fourth-order valence-electron chi connectivity index (χ4n) is 3.22. The highest BCUT2D eigenvalue weighted by molar-refractivity contribution is 7.88. The number of ether oxygens (including phenoxy) is 2. The van der Waals surface area contributed by atoms with Crippen molar-refractivity contribution in [2.75, 3.05) is 19.3 Å².